The molecule has 0 aliphatic rings. The average molecular weight is 293 g/mol. The fraction of sp³-hybridized carbons (Fsp3) is 0.211. The van der Waals surface area contributed by atoms with E-state index < -0.39 is 0 Å². The van der Waals surface area contributed by atoms with E-state index in [0.717, 1.165) is 27.9 Å². The molecule has 22 heavy (non-hydrogen) atoms. The van der Waals surface area contributed by atoms with Gasteiger partial charge in [0.15, 0.2) is 0 Å². The lowest BCUT2D eigenvalue weighted by atomic mass is 10.0. The van der Waals surface area contributed by atoms with Gasteiger partial charge in [-0.3, -0.25) is 4.79 Å². The Hall–Kier alpha value is -2.55. The van der Waals surface area contributed by atoms with Crippen molar-refractivity contribution in [3.8, 4) is 0 Å². The lowest BCUT2D eigenvalue weighted by molar-refractivity contribution is -0.129. The average Bonchev–Trinajstić information content (AvgIpc) is 2.92. The summed E-state index contributed by atoms with van der Waals surface area (Å²) in [4.78, 5) is 14.2. The summed E-state index contributed by atoms with van der Waals surface area (Å²) in [6.07, 6.45) is 0.400. The van der Waals surface area contributed by atoms with Crippen molar-refractivity contribution in [1.29, 1.82) is 0 Å². The lowest BCUT2D eigenvalue weighted by Crippen LogP contribution is -2.27. The van der Waals surface area contributed by atoms with Crippen LogP contribution < -0.4 is 0 Å². The van der Waals surface area contributed by atoms with Crippen molar-refractivity contribution in [2.75, 3.05) is 7.05 Å². The van der Waals surface area contributed by atoms with Crippen LogP contribution in [-0.2, 0) is 17.8 Å². The third-order valence-corrected chi connectivity index (χ3v) is 3.84. The minimum absolute atomic E-state index is 0.0883. The third-order valence-electron chi connectivity index (χ3n) is 3.84. The molecule has 0 atom stereocenters. The maximum atomic E-state index is 12.5. The van der Waals surface area contributed by atoms with Gasteiger partial charge in [0.05, 0.1) is 13.0 Å². The van der Waals surface area contributed by atoms with Gasteiger partial charge in [-0.1, -0.05) is 42.5 Å². The van der Waals surface area contributed by atoms with Gasteiger partial charge in [-0.05, 0) is 35.4 Å². The van der Waals surface area contributed by atoms with Crippen LogP contribution in [-0.4, -0.2) is 17.9 Å². The van der Waals surface area contributed by atoms with Crippen molar-refractivity contribution in [3.63, 3.8) is 0 Å². The summed E-state index contributed by atoms with van der Waals surface area (Å²) in [5, 5.41) is 2.30. The number of carbonyl (C=O) groups excluding carboxylic acids is 1. The first kappa shape index (κ1) is 14.4. The normalized spacial score (nSPS) is 10.8. The summed E-state index contributed by atoms with van der Waals surface area (Å²) >= 11 is 0. The summed E-state index contributed by atoms with van der Waals surface area (Å²) in [7, 11) is 1.81. The van der Waals surface area contributed by atoms with Crippen molar-refractivity contribution < 1.29 is 9.21 Å². The molecule has 0 aliphatic heterocycles. The largest absolute Gasteiger partial charge is 0.464 e. The van der Waals surface area contributed by atoms with E-state index in [1.165, 1.54) is 0 Å². The van der Waals surface area contributed by atoms with Crippen molar-refractivity contribution in [3.05, 3.63) is 71.7 Å². The molecule has 0 unspecified atom stereocenters. The Kier molecular flexibility index (Phi) is 3.96. The Morgan fingerprint density at radius 1 is 1.05 bits per heavy atom. The van der Waals surface area contributed by atoms with E-state index in [9.17, 15) is 4.79 Å². The molecule has 1 heterocycles. The van der Waals surface area contributed by atoms with Crippen molar-refractivity contribution in [2.45, 2.75) is 19.9 Å². The molecule has 3 heteroatoms. The second kappa shape index (κ2) is 6.06. The first-order valence-corrected chi connectivity index (χ1v) is 7.39. The van der Waals surface area contributed by atoms with Gasteiger partial charge < -0.3 is 9.32 Å². The molecule has 0 bridgehead atoms. The molecule has 0 fully saturated rings. The number of aryl methyl sites for hydroxylation is 1. The second-order valence-electron chi connectivity index (χ2n) is 5.58. The number of rotatable bonds is 4. The highest BCUT2D eigenvalue weighted by molar-refractivity contribution is 5.90. The Labute approximate surface area is 130 Å². The summed E-state index contributed by atoms with van der Waals surface area (Å²) in [5.41, 5.74) is 1.06. The molecule has 0 spiro atoms. The SMILES string of the molecule is Cc1ccc(CN(C)C(=O)Cc2cccc3ccccc23)o1. The predicted molar refractivity (Wildman–Crippen MR) is 87.6 cm³/mol. The van der Waals surface area contributed by atoms with E-state index in [1.807, 2.05) is 50.4 Å². The highest BCUT2D eigenvalue weighted by Crippen LogP contribution is 2.19. The van der Waals surface area contributed by atoms with Crippen LogP contribution in [0.3, 0.4) is 0 Å². The molecule has 1 amide bonds. The molecule has 3 nitrogen and oxygen atoms in total. The second-order valence-corrected chi connectivity index (χ2v) is 5.58. The fourth-order valence-corrected chi connectivity index (χ4v) is 2.64. The number of fused-ring (bicyclic) bond motifs is 1. The number of benzene rings is 2. The molecule has 0 N–H and O–H groups in total. The zero-order valence-corrected chi connectivity index (χ0v) is 12.9. The first-order chi connectivity index (χ1) is 10.6. The molecule has 1 aromatic heterocycles. The number of amides is 1. The van der Waals surface area contributed by atoms with E-state index in [0.29, 0.717) is 13.0 Å². The van der Waals surface area contributed by atoms with E-state index in [1.54, 1.807) is 4.90 Å². The fourth-order valence-electron chi connectivity index (χ4n) is 2.64. The predicted octanol–water partition coefficient (Wildman–Crippen LogP) is 3.94. The van der Waals surface area contributed by atoms with Crippen LogP contribution in [0.4, 0.5) is 0 Å². The molecule has 3 aromatic rings. The molecule has 112 valence electrons. The van der Waals surface area contributed by atoms with Crippen LogP contribution in [0.15, 0.2) is 59.0 Å². The molecule has 0 radical (unpaired) electrons. The summed E-state index contributed by atoms with van der Waals surface area (Å²) in [6, 6.07) is 18.1. The van der Waals surface area contributed by atoms with Crippen molar-refractivity contribution in [1.82, 2.24) is 4.90 Å². The quantitative estimate of drug-likeness (QED) is 0.730. The van der Waals surface area contributed by atoms with Gasteiger partial charge in [-0.25, -0.2) is 0 Å². The van der Waals surface area contributed by atoms with Gasteiger partial charge in [-0.15, -0.1) is 0 Å². The standard InChI is InChI=1S/C19H19NO2/c1-14-10-11-17(22-14)13-20(2)19(21)12-16-8-5-7-15-6-3-4-9-18(15)16/h3-11H,12-13H2,1-2H3. The summed E-state index contributed by atoms with van der Waals surface area (Å²) < 4.78 is 5.53. The monoisotopic (exact) mass is 293 g/mol. The molecular weight excluding hydrogens is 274 g/mol. The topological polar surface area (TPSA) is 33.5 Å². The van der Waals surface area contributed by atoms with Crippen LogP contribution in [0, 0.1) is 6.92 Å². The molecule has 2 aromatic carbocycles. The van der Waals surface area contributed by atoms with E-state index in [2.05, 4.69) is 18.2 Å². The number of carbonyl (C=O) groups is 1. The maximum Gasteiger partial charge on any atom is 0.227 e. The van der Waals surface area contributed by atoms with Crippen LogP contribution in [0.25, 0.3) is 10.8 Å². The van der Waals surface area contributed by atoms with E-state index >= 15 is 0 Å². The van der Waals surface area contributed by atoms with Crippen LogP contribution >= 0.6 is 0 Å². The number of nitrogens with zero attached hydrogens (tertiary/aromatic N) is 1. The Bertz CT molecular complexity index is 799. The minimum atomic E-state index is 0.0883. The first-order valence-electron chi connectivity index (χ1n) is 7.39. The number of hydrogen-bond acceptors (Lipinski definition) is 2. The maximum absolute atomic E-state index is 12.5. The zero-order valence-electron chi connectivity index (χ0n) is 12.9. The number of hydrogen-bond donors (Lipinski definition) is 0. The summed E-state index contributed by atoms with van der Waals surface area (Å²) in [5.74, 6) is 1.77. The highest BCUT2D eigenvalue weighted by Gasteiger charge is 2.13. The van der Waals surface area contributed by atoms with Gasteiger partial charge in [0, 0.05) is 7.05 Å². The van der Waals surface area contributed by atoms with Gasteiger partial charge in [0.25, 0.3) is 0 Å². The van der Waals surface area contributed by atoms with Crippen LogP contribution in [0.2, 0.25) is 0 Å². The Balaban J connectivity index is 1.75. The van der Waals surface area contributed by atoms with E-state index in [-0.39, 0.29) is 5.91 Å². The molecule has 3 rings (SSSR count). The highest BCUT2D eigenvalue weighted by atomic mass is 16.3. The number of likely N-dealkylation sites (N-methyl/N-ethyl adjacent to an activating group) is 1. The van der Waals surface area contributed by atoms with Gasteiger partial charge in [0.2, 0.25) is 5.91 Å². The van der Waals surface area contributed by atoms with Crippen LogP contribution in [0.1, 0.15) is 17.1 Å². The van der Waals surface area contributed by atoms with Crippen molar-refractivity contribution >= 4 is 16.7 Å². The molecule has 0 saturated heterocycles. The van der Waals surface area contributed by atoms with Crippen molar-refractivity contribution in [2.24, 2.45) is 0 Å². The van der Waals surface area contributed by atoms with Gasteiger partial charge in [0.1, 0.15) is 11.5 Å². The summed E-state index contributed by atoms with van der Waals surface area (Å²) in [6.45, 7) is 2.40. The molecular formula is C19H19NO2. The van der Waals surface area contributed by atoms with Gasteiger partial charge in [-0.2, -0.15) is 0 Å². The minimum Gasteiger partial charge on any atom is -0.464 e. The zero-order chi connectivity index (χ0) is 15.5. The number of furan rings is 1. The Morgan fingerprint density at radius 3 is 2.59 bits per heavy atom. The smallest absolute Gasteiger partial charge is 0.227 e. The third kappa shape index (κ3) is 3.03. The van der Waals surface area contributed by atoms with Gasteiger partial charge >= 0.3 is 0 Å². The van der Waals surface area contributed by atoms with E-state index in [4.69, 9.17) is 4.42 Å². The molecule has 0 aliphatic carbocycles. The molecule has 0 saturated carbocycles. The van der Waals surface area contributed by atoms with Crippen LogP contribution in [0.5, 0.6) is 0 Å². The lowest BCUT2D eigenvalue weighted by Gasteiger charge is -2.16. The Morgan fingerprint density at radius 2 is 1.82 bits per heavy atom.